The summed E-state index contributed by atoms with van der Waals surface area (Å²) in [5, 5.41) is 8.69. The maximum Gasteiger partial charge on any atom is 0.377 e. The fraction of sp³-hybridized carbons (Fsp3) is 0.273. The monoisotopic (exact) mass is 256 g/mol. The largest absolute Gasteiger partial charge is 0.496 e. The van der Waals surface area contributed by atoms with E-state index < -0.39 is 11.8 Å². The Morgan fingerprint density at radius 3 is 2.18 bits per heavy atom. The van der Waals surface area contributed by atoms with E-state index in [0.29, 0.717) is 5.75 Å². The Labute approximate surface area is 103 Å². The molecule has 0 spiro atoms. The van der Waals surface area contributed by atoms with Gasteiger partial charge in [0, 0.05) is 0 Å². The molecule has 0 fully saturated rings. The van der Waals surface area contributed by atoms with E-state index in [1.54, 1.807) is 6.07 Å². The van der Waals surface area contributed by atoms with Gasteiger partial charge < -0.3 is 14.6 Å². The second kappa shape index (κ2) is 5.58. The van der Waals surface area contributed by atoms with Crippen LogP contribution in [0.2, 0.25) is 0 Å². The fourth-order valence-electron chi connectivity index (χ4n) is 1.32. The summed E-state index contributed by atoms with van der Waals surface area (Å²) >= 11 is 1.41. The Hall–Kier alpha value is -1.69. The zero-order chi connectivity index (χ0) is 13.0. The van der Waals surface area contributed by atoms with Crippen LogP contribution < -0.4 is 9.47 Å². The molecule has 0 aliphatic heterocycles. The number of ether oxygens (including phenoxy) is 2. The van der Waals surface area contributed by atoms with E-state index in [1.807, 2.05) is 6.26 Å². The van der Waals surface area contributed by atoms with Crippen LogP contribution in [0.1, 0.15) is 10.4 Å². The summed E-state index contributed by atoms with van der Waals surface area (Å²) in [4.78, 5) is 22.9. The summed E-state index contributed by atoms with van der Waals surface area (Å²) in [7, 11) is 2.83. The van der Waals surface area contributed by atoms with Gasteiger partial charge in [-0.2, -0.15) is 0 Å². The number of carbonyl (C=O) groups is 2. The first kappa shape index (κ1) is 13.4. The van der Waals surface area contributed by atoms with E-state index in [2.05, 4.69) is 0 Å². The third kappa shape index (κ3) is 2.71. The third-order valence-electron chi connectivity index (χ3n) is 2.14. The number of hydrogen-bond donors (Lipinski definition) is 1. The molecule has 0 aromatic heterocycles. The average Bonchev–Trinajstić information content (AvgIpc) is 2.35. The first-order valence-corrected chi connectivity index (χ1v) is 5.85. The second-order valence-corrected chi connectivity index (χ2v) is 3.89. The quantitative estimate of drug-likeness (QED) is 0.491. The molecule has 0 unspecified atom stereocenters. The number of hydrogen-bond acceptors (Lipinski definition) is 5. The highest BCUT2D eigenvalue weighted by molar-refractivity contribution is 7.98. The Morgan fingerprint density at radius 1 is 1.18 bits per heavy atom. The van der Waals surface area contributed by atoms with Gasteiger partial charge in [-0.25, -0.2) is 4.79 Å². The molecular formula is C11H12O5S. The molecule has 5 nitrogen and oxygen atoms in total. The molecule has 1 aromatic rings. The minimum Gasteiger partial charge on any atom is -0.496 e. The number of carbonyl (C=O) groups excluding carboxylic acids is 1. The van der Waals surface area contributed by atoms with Crippen LogP contribution in [-0.2, 0) is 4.79 Å². The van der Waals surface area contributed by atoms with Crippen molar-refractivity contribution in [2.45, 2.75) is 4.90 Å². The summed E-state index contributed by atoms with van der Waals surface area (Å²) < 4.78 is 10.1. The van der Waals surface area contributed by atoms with Crippen LogP contribution in [0.4, 0.5) is 0 Å². The summed E-state index contributed by atoms with van der Waals surface area (Å²) in [6.45, 7) is 0. The molecule has 1 N–H and O–H groups in total. The number of rotatable bonds is 5. The van der Waals surface area contributed by atoms with Crippen LogP contribution in [0.5, 0.6) is 11.5 Å². The lowest BCUT2D eigenvalue weighted by molar-refractivity contribution is -0.131. The van der Waals surface area contributed by atoms with Gasteiger partial charge in [-0.3, -0.25) is 4.79 Å². The van der Waals surface area contributed by atoms with Crippen molar-refractivity contribution in [3.05, 3.63) is 17.7 Å². The molecule has 0 radical (unpaired) electrons. The van der Waals surface area contributed by atoms with Gasteiger partial charge in [0.15, 0.2) is 0 Å². The van der Waals surface area contributed by atoms with Gasteiger partial charge in [-0.15, -0.1) is 11.8 Å². The van der Waals surface area contributed by atoms with Gasteiger partial charge in [0.05, 0.1) is 24.7 Å². The molecule has 92 valence electrons. The number of thioether (sulfide) groups is 1. The van der Waals surface area contributed by atoms with Gasteiger partial charge in [0.25, 0.3) is 5.78 Å². The SMILES string of the molecule is COc1cc(C(=O)C(=O)O)c(OC)cc1SC. The molecule has 0 amide bonds. The Balaban J connectivity index is 3.38. The van der Waals surface area contributed by atoms with Gasteiger partial charge in [0.1, 0.15) is 11.5 Å². The number of aliphatic carboxylic acids is 1. The van der Waals surface area contributed by atoms with Crippen LogP contribution in [0.15, 0.2) is 17.0 Å². The summed E-state index contributed by atoms with van der Waals surface area (Å²) in [5.41, 5.74) is -0.0188. The molecular weight excluding hydrogens is 244 g/mol. The van der Waals surface area contributed by atoms with Crippen LogP contribution in [0, 0.1) is 0 Å². The lowest BCUT2D eigenvalue weighted by atomic mass is 10.1. The molecule has 0 heterocycles. The molecule has 6 heteroatoms. The van der Waals surface area contributed by atoms with E-state index in [1.165, 1.54) is 32.0 Å². The Morgan fingerprint density at radius 2 is 1.76 bits per heavy atom. The number of carboxylic acid groups (broad SMARTS) is 1. The van der Waals surface area contributed by atoms with E-state index in [0.717, 1.165) is 4.90 Å². The van der Waals surface area contributed by atoms with Crippen molar-refractivity contribution in [1.82, 2.24) is 0 Å². The average molecular weight is 256 g/mol. The molecule has 0 bridgehead atoms. The van der Waals surface area contributed by atoms with Crippen LogP contribution in [0.25, 0.3) is 0 Å². The molecule has 0 saturated heterocycles. The maximum absolute atomic E-state index is 11.5. The van der Waals surface area contributed by atoms with Gasteiger partial charge in [-0.1, -0.05) is 0 Å². The normalized spacial score (nSPS) is 9.82. The Bertz CT molecular complexity index is 455. The fourth-order valence-corrected chi connectivity index (χ4v) is 1.89. The number of benzene rings is 1. The maximum atomic E-state index is 11.5. The van der Waals surface area contributed by atoms with E-state index in [9.17, 15) is 9.59 Å². The van der Waals surface area contributed by atoms with E-state index >= 15 is 0 Å². The Kier molecular flexibility index (Phi) is 4.39. The van der Waals surface area contributed by atoms with Crippen LogP contribution in [0.3, 0.4) is 0 Å². The molecule has 1 aromatic carbocycles. The van der Waals surface area contributed by atoms with Crippen molar-refractivity contribution < 1.29 is 24.2 Å². The van der Waals surface area contributed by atoms with Crippen molar-refractivity contribution in [2.75, 3.05) is 20.5 Å². The molecule has 0 aliphatic rings. The highest BCUT2D eigenvalue weighted by Gasteiger charge is 2.22. The predicted octanol–water partition coefficient (Wildman–Crippen LogP) is 1.69. The lowest BCUT2D eigenvalue weighted by Crippen LogP contribution is -2.14. The van der Waals surface area contributed by atoms with Crippen LogP contribution in [-0.4, -0.2) is 37.3 Å². The molecule has 0 saturated carbocycles. The van der Waals surface area contributed by atoms with E-state index in [4.69, 9.17) is 14.6 Å². The minimum atomic E-state index is -1.53. The number of carboxylic acids is 1. The standard InChI is InChI=1S/C11H12O5S/c1-15-7-5-9(17-3)8(16-2)4-6(7)10(12)11(13)14/h4-5H,1-3H3,(H,13,14). The predicted molar refractivity (Wildman–Crippen MR) is 63.3 cm³/mol. The van der Waals surface area contributed by atoms with Crippen molar-refractivity contribution in [1.29, 1.82) is 0 Å². The second-order valence-electron chi connectivity index (χ2n) is 3.04. The molecule has 17 heavy (non-hydrogen) atoms. The smallest absolute Gasteiger partial charge is 0.377 e. The lowest BCUT2D eigenvalue weighted by Gasteiger charge is -2.11. The number of Topliss-reactive ketones (excluding diaryl/α,β-unsaturated/α-hetero) is 1. The highest BCUT2D eigenvalue weighted by atomic mass is 32.2. The zero-order valence-corrected chi connectivity index (χ0v) is 10.5. The van der Waals surface area contributed by atoms with Crippen LogP contribution >= 0.6 is 11.8 Å². The highest BCUT2D eigenvalue weighted by Crippen LogP contribution is 2.34. The van der Waals surface area contributed by atoms with Gasteiger partial charge in [0.2, 0.25) is 0 Å². The number of methoxy groups -OCH3 is 2. The summed E-state index contributed by atoms with van der Waals surface area (Å²) in [6, 6.07) is 2.96. The topological polar surface area (TPSA) is 72.8 Å². The van der Waals surface area contributed by atoms with Crippen molar-refractivity contribution in [3.63, 3.8) is 0 Å². The first-order valence-electron chi connectivity index (χ1n) is 4.62. The minimum absolute atomic E-state index is 0.0188. The summed E-state index contributed by atoms with van der Waals surface area (Å²) in [5.74, 6) is -1.87. The third-order valence-corrected chi connectivity index (χ3v) is 2.90. The summed E-state index contributed by atoms with van der Waals surface area (Å²) in [6.07, 6.45) is 1.84. The molecule has 0 atom stereocenters. The zero-order valence-electron chi connectivity index (χ0n) is 9.64. The van der Waals surface area contributed by atoms with Crippen molar-refractivity contribution >= 4 is 23.5 Å². The molecule has 1 rings (SSSR count). The van der Waals surface area contributed by atoms with Gasteiger partial charge >= 0.3 is 5.97 Å². The van der Waals surface area contributed by atoms with E-state index in [-0.39, 0.29) is 11.3 Å². The molecule has 0 aliphatic carbocycles. The van der Waals surface area contributed by atoms with Crippen molar-refractivity contribution in [2.24, 2.45) is 0 Å². The van der Waals surface area contributed by atoms with Gasteiger partial charge in [-0.05, 0) is 18.4 Å². The van der Waals surface area contributed by atoms with Crippen molar-refractivity contribution in [3.8, 4) is 11.5 Å². The first-order chi connectivity index (χ1) is 8.04. The number of ketones is 1.